The van der Waals surface area contributed by atoms with Crippen LogP contribution in [0.15, 0.2) is 54.6 Å². The first kappa shape index (κ1) is 40.0. The number of hydrogen-bond acceptors (Lipinski definition) is 10. The Hall–Kier alpha value is -3.76. The van der Waals surface area contributed by atoms with E-state index < -0.39 is 76.2 Å². The SMILES string of the molecule is CC(C)(C)C(=O)OC[C@H]1O[C@@H](N2CCc3ccccc3[C@H]2c2ccccc2)[C@H](OC(=O)C(C)(C)C)[C@@H](OC(=O)C(C)(C)C)[C@H]1OC(=O)C(C)(C)C. The average molecular weight is 708 g/mol. The lowest BCUT2D eigenvalue weighted by atomic mass is 9.86. The van der Waals surface area contributed by atoms with E-state index in [2.05, 4.69) is 17.0 Å². The predicted molar refractivity (Wildman–Crippen MR) is 192 cm³/mol. The highest BCUT2D eigenvalue weighted by molar-refractivity contribution is 5.78. The molecule has 51 heavy (non-hydrogen) atoms. The molecule has 2 aliphatic rings. The fourth-order valence-corrected chi connectivity index (χ4v) is 5.84. The molecule has 10 heteroatoms. The minimum absolute atomic E-state index is 0.307. The highest BCUT2D eigenvalue weighted by atomic mass is 16.7. The zero-order valence-electron chi connectivity index (χ0n) is 32.4. The van der Waals surface area contributed by atoms with E-state index in [-0.39, 0.29) is 12.6 Å². The first-order valence-corrected chi connectivity index (χ1v) is 17.8. The van der Waals surface area contributed by atoms with Crippen LogP contribution in [0, 0.1) is 21.7 Å². The molecule has 0 radical (unpaired) electrons. The van der Waals surface area contributed by atoms with Gasteiger partial charge in [0.2, 0.25) is 0 Å². The molecule has 10 nitrogen and oxygen atoms in total. The molecule has 0 N–H and O–H groups in total. The molecule has 0 spiro atoms. The topological polar surface area (TPSA) is 118 Å². The first-order chi connectivity index (χ1) is 23.5. The molecule has 1 fully saturated rings. The van der Waals surface area contributed by atoms with Gasteiger partial charge in [0.05, 0.1) is 27.7 Å². The van der Waals surface area contributed by atoms with Gasteiger partial charge in [0.1, 0.15) is 12.7 Å². The van der Waals surface area contributed by atoms with E-state index in [0.29, 0.717) is 13.0 Å². The van der Waals surface area contributed by atoms with Gasteiger partial charge < -0.3 is 23.7 Å². The number of carbonyl (C=O) groups is 4. The van der Waals surface area contributed by atoms with Gasteiger partial charge in [-0.3, -0.25) is 24.1 Å². The standard InChI is InChI=1S/C41H57NO9/c1-38(2,3)34(43)47-24-28-30(49-35(44)39(4,5)6)31(50-36(45)40(7,8)9)32(51-37(46)41(10,11)12)33(48-28)42-23-22-25-18-16-17-21-27(25)29(42)26-19-14-13-15-20-26/h13-21,28-33H,22-24H2,1-12H3/t28-,29-,30+,31+,32-,33-/m1/s1. The first-order valence-electron chi connectivity index (χ1n) is 17.8. The lowest BCUT2D eigenvalue weighted by molar-refractivity contribution is -0.287. The Kier molecular flexibility index (Phi) is 11.8. The number of rotatable bonds is 7. The average Bonchev–Trinajstić information content (AvgIpc) is 3.03. The Morgan fingerprint density at radius 1 is 0.627 bits per heavy atom. The van der Waals surface area contributed by atoms with Crippen LogP contribution in [-0.2, 0) is 49.3 Å². The number of esters is 4. The van der Waals surface area contributed by atoms with Gasteiger partial charge in [-0.05, 0) is 106 Å². The Labute approximate surface area is 303 Å². The van der Waals surface area contributed by atoms with Crippen molar-refractivity contribution in [2.24, 2.45) is 21.7 Å². The molecule has 0 saturated carbocycles. The Bertz CT molecular complexity index is 1560. The highest BCUT2D eigenvalue weighted by Crippen LogP contribution is 2.42. The van der Waals surface area contributed by atoms with Crippen molar-refractivity contribution in [2.75, 3.05) is 13.2 Å². The Morgan fingerprint density at radius 2 is 1.10 bits per heavy atom. The second-order valence-electron chi connectivity index (χ2n) is 17.8. The van der Waals surface area contributed by atoms with Crippen molar-refractivity contribution in [1.82, 2.24) is 4.90 Å². The number of fused-ring (bicyclic) bond motifs is 1. The molecule has 0 bridgehead atoms. The van der Waals surface area contributed by atoms with Gasteiger partial charge in [-0.25, -0.2) is 0 Å². The van der Waals surface area contributed by atoms with Gasteiger partial charge in [0.15, 0.2) is 24.5 Å². The molecule has 2 aliphatic heterocycles. The Morgan fingerprint density at radius 3 is 1.63 bits per heavy atom. The molecule has 2 aromatic carbocycles. The quantitative estimate of drug-likeness (QED) is 0.224. The van der Waals surface area contributed by atoms with Crippen LogP contribution < -0.4 is 0 Å². The van der Waals surface area contributed by atoms with E-state index in [1.54, 1.807) is 83.1 Å². The zero-order chi connectivity index (χ0) is 38.1. The normalized spacial score (nSPS) is 24.5. The van der Waals surface area contributed by atoms with Crippen molar-refractivity contribution in [1.29, 1.82) is 0 Å². The summed E-state index contributed by atoms with van der Waals surface area (Å²) in [5.74, 6) is -2.21. The maximum Gasteiger partial charge on any atom is 0.311 e. The molecule has 0 aliphatic carbocycles. The van der Waals surface area contributed by atoms with Gasteiger partial charge in [0.25, 0.3) is 0 Å². The molecule has 0 amide bonds. The number of carbonyl (C=O) groups excluding carboxylic acids is 4. The predicted octanol–water partition coefficient (Wildman–Crippen LogP) is 6.82. The second kappa shape index (κ2) is 15.1. The molecular weight excluding hydrogens is 650 g/mol. The summed E-state index contributed by atoms with van der Waals surface area (Å²) in [6.07, 6.45) is -5.30. The number of hydrogen-bond donors (Lipinski definition) is 0. The van der Waals surface area contributed by atoms with E-state index in [9.17, 15) is 19.2 Å². The van der Waals surface area contributed by atoms with Crippen molar-refractivity contribution in [3.63, 3.8) is 0 Å². The van der Waals surface area contributed by atoms with Crippen molar-refractivity contribution in [3.05, 3.63) is 71.3 Å². The number of benzene rings is 2. The van der Waals surface area contributed by atoms with Crippen LogP contribution in [0.4, 0.5) is 0 Å². The fourth-order valence-electron chi connectivity index (χ4n) is 5.84. The lowest BCUT2D eigenvalue weighted by Gasteiger charge is -2.51. The van der Waals surface area contributed by atoms with Crippen LogP contribution in [0.1, 0.15) is 106 Å². The van der Waals surface area contributed by atoms with Gasteiger partial charge in [-0.15, -0.1) is 0 Å². The van der Waals surface area contributed by atoms with Gasteiger partial charge in [0, 0.05) is 6.54 Å². The van der Waals surface area contributed by atoms with Gasteiger partial charge in [-0.2, -0.15) is 0 Å². The molecule has 0 unspecified atom stereocenters. The third-order valence-corrected chi connectivity index (χ3v) is 8.93. The van der Waals surface area contributed by atoms with Crippen molar-refractivity contribution in [2.45, 2.75) is 126 Å². The van der Waals surface area contributed by atoms with E-state index in [0.717, 1.165) is 11.1 Å². The molecular formula is C41H57NO9. The van der Waals surface area contributed by atoms with Gasteiger partial charge >= 0.3 is 23.9 Å². The summed E-state index contributed by atoms with van der Waals surface area (Å²) in [5, 5.41) is 0. The van der Waals surface area contributed by atoms with Crippen LogP contribution in [0.5, 0.6) is 0 Å². The third kappa shape index (κ3) is 9.57. The largest absolute Gasteiger partial charge is 0.462 e. The van der Waals surface area contributed by atoms with Crippen LogP contribution in [0.2, 0.25) is 0 Å². The summed E-state index contributed by atoms with van der Waals surface area (Å²) >= 11 is 0. The summed E-state index contributed by atoms with van der Waals surface area (Å²) in [5.41, 5.74) is -0.472. The smallest absolute Gasteiger partial charge is 0.311 e. The molecule has 4 rings (SSSR count). The molecule has 0 aromatic heterocycles. The summed E-state index contributed by atoms with van der Waals surface area (Å²) in [6, 6.07) is 17.8. The zero-order valence-corrected chi connectivity index (χ0v) is 32.4. The summed E-state index contributed by atoms with van der Waals surface area (Å²) in [4.78, 5) is 56.4. The fraction of sp³-hybridized carbons (Fsp3) is 0.610. The Balaban J connectivity index is 1.94. The van der Waals surface area contributed by atoms with Crippen LogP contribution in [0.25, 0.3) is 0 Å². The molecule has 6 atom stereocenters. The molecule has 2 heterocycles. The monoisotopic (exact) mass is 707 g/mol. The molecule has 2 aromatic rings. The van der Waals surface area contributed by atoms with Crippen molar-refractivity contribution in [3.8, 4) is 0 Å². The van der Waals surface area contributed by atoms with Crippen molar-refractivity contribution >= 4 is 23.9 Å². The third-order valence-electron chi connectivity index (χ3n) is 8.93. The van der Waals surface area contributed by atoms with Crippen LogP contribution >= 0.6 is 0 Å². The summed E-state index contributed by atoms with van der Waals surface area (Å²) in [6.45, 7) is 20.9. The molecule has 280 valence electrons. The van der Waals surface area contributed by atoms with Crippen LogP contribution in [0.3, 0.4) is 0 Å². The van der Waals surface area contributed by atoms with Gasteiger partial charge in [-0.1, -0.05) is 54.6 Å². The van der Waals surface area contributed by atoms with E-state index in [4.69, 9.17) is 23.7 Å². The second-order valence-corrected chi connectivity index (χ2v) is 17.8. The summed E-state index contributed by atoms with van der Waals surface area (Å²) in [7, 11) is 0. The number of nitrogens with zero attached hydrogens (tertiary/aromatic N) is 1. The van der Waals surface area contributed by atoms with Crippen LogP contribution in [-0.4, -0.2) is 72.6 Å². The maximum absolute atomic E-state index is 13.8. The molecule has 1 saturated heterocycles. The maximum atomic E-state index is 13.8. The number of ether oxygens (including phenoxy) is 5. The highest BCUT2D eigenvalue weighted by Gasteiger charge is 2.57. The minimum atomic E-state index is -1.32. The van der Waals surface area contributed by atoms with E-state index >= 15 is 0 Å². The van der Waals surface area contributed by atoms with E-state index in [1.165, 1.54) is 5.56 Å². The van der Waals surface area contributed by atoms with Crippen molar-refractivity contribution < 1.29 is 42.9 Å². The minimum Gasteiger partial charge on any atom is -0.462 e. The lowest BCUT2D eigenvalue weighted by Crippen LogP contribution is -2.68. The van der Waals surface area contributed by atoms with E-state index in [1.807, 2.05) is 42.5 Å². The summed E-state index contributed by atoms with van der Waals surface area (Å²) < 4.78 is 31.6.